The van der Waals surface area contributed by atoms with Crippen LogP contribution < -0.4 is 10.1 Å². The molecule has 0 aliphatic rings. The lowest BCUT2D eigenvalue weighted by molar-refractivity contribution is 0.475. The minimum atomic E-state index is 0.381. The van der Waals surface area contributed by atoms with Crippen LogP contribution in [0, 0.1) is 0 Å². The SMILES string of the molecule is CCCNC(CC)c1cccc(Oc2cnn(CC)c2)c1. The lowest BCUT2D eigenvalue weighted by atomic mass is 10.0. The first-order chi connectivity index (χ1) is 10.3. The van der Waals surface area contributed by atoms with Crippen molar-refractivity contribution in [2.75, 3.05) is 6.54 Å². The first-order valence-corrected chi connectivity index (χ1v) is 7.80. The van der Waals surface area contributed by atoms with Crippen LogP contribution in [-0.2, 0) is 6.54 Å². The van der Waals surface area contributed by atoms with Crippen molar-refractivity contribution < 1.29 is 4.74 Å². The quantitative estimate of drug-likeness (QED) is 0.793. The standard InChI is InChI=1S/C17H25N3O/c1-4-10-18-17(5-2)14-8-7-9-15(11-14)21-16-12-19-20(6-3)13-16/h7-9,11-13,17-18H,4-6,10H2,1-3H3. The van der Waals surface area contributed by atoms with Gasteiger partial charge in [-0.25, -0.2) is 0 Å². The molecule has 4 nitrogen and oxygen atoms in total. The van der Waals surface area contributed by atoms with Crippen molar-refractivity contribution in [3.63, 3.8) is 0 Å². The molecule has 114 valence electrons. The maximum Gasteiger partial charge on any atom is 0.165 e. The highest BCUT2D eigenvalue weighted by Crippen LogP contribution is 2.25. The van der Waals surface area contributed by atoms with Crippen LogP contribution in [0.1, 0.15) is 45.2 Å². The minimum absolute atomic E-state index is 0.381. The second kappa shape index (κ2) is 7.84. The van der Waals surface area contributed by atoms with Crippen molar-refractivity contribution in [3.8, 4) is 11.5 Å². The van der Waals surface area contributed by atoms with Crippen molar-refractivity contribution in [1.29, 1.82) is 0 Å². The number of ether oxygens (including phenoxy) is 1. The van der Waals surface area contributed by atoms with Gasteiger partial charge in [0.15, 0.2) is 5.75 Å². The molecule has 0 aliphatic carbocycles. The Morgan fingerprint density at radius 3 is 2.76 bits per heavy atom. The van der Waals surface area contributed by atoms with Crippen molar-refractivity contribution in [2.45, 2.75) is 46.2 Å². The molecular formula is C17H25N3O. The molecule has 2 rings (SSSR count). The maximum atomic E-state index is 5.89. The van der Waals surface area contributed by atoms with Gasteiger partial charge < -0.3 is 10.1 Å². The first-order valence-electron chi connectivity index (χ1n) is 7.80. The van der Waals surface area contributed by atoms with Crippen LogP contribution in [0.4, 0.5) is 0 Å². The highest BCUT2D eigenvalue weighted by atomic mass is 16.5. The van der Waals surface area contributed by atoms with Gasteiger partial charge in [-0.1, -0.05) is 26.0 Å². The van der Waals surface area contributed by atoms with Gasteiger partial charge in [0.1, 0.15) is 5.75 Å². The van der Waals surface area contributed by atoms with Crippen molar-refractivity contribution in [1.82, 2.24) is 15.1 Å². The summed E-state index contributed by atoms with van der Waals surface area (Å²) in [5.41, 5.74) is 1.27. The Morgan fingerprint density at radius 2 is 2.10 bits per heavy atom. The minimum Gasteiger partial charge on any atom is -0.454 e. The second-order valence-corrected chi connectivity index (χ2v) is 5.12. The van der Waals surface area contributed by atoms with Crippen molar-refractivity contribution >= 4 is 0 Å². The molecule has 1 aromatic heterocycles. The van der Waals surface area contributed by atoms with E-state index in [0.717, 1.165) is 37.4 Å². The molecule has 2 aromatic rings. The lowest BCUT2D eigenvalue weighted by Gasteiger charge is -2.17. The lowest BCUT2D eigenvalue weighted by Crippen LogP contribution is -2.21. The molecule has 1 heterocycles. The van der Waals surface area contributed by atoms with E-state index in [4.69, 9.17) is 4.74 Å². The summed E-state index contributed by atoms with van der Waals surface area (Å²) in [7, 11) is 0. The molecule has 0 fully saturated rings. The normalized spacial score (nSPS) is 12.3. The summed E-state index contributed by atoms with van der Waals surface area (Å²) < 4.78 is 7.75. The number of hydrogen-bond donors (Lipinski definition) is 1. The fraction of sp³-hybridized carbons (Fsp3) is 0.471. The summed E-state index contributed by atoms with van der Waals surface area (Å²) in [5.74, 6) is 1.64. The number of nitrogens with zero attached hydrogens (tertiary/aromatic N) is 2. The molecule has 0 aliphatic heterocycles. The molecule has 0 spiro atoms. The first kappa shape index (κ1) is 15.6. The molecule has 0 bridgehead atoms. The van der Waals surface area contributed by atoms with Gasteiger partial charge in [0.2, 0.25) is 0 Å². The summed E-state index contributed by atoms with van der Waals surface area (Å²) in [4.78, 5) is 0. The molecule has 21 heavy (non-hydrogen) atoms. The van der Waals surface area contributed by atoms with Gasteiger partial charge in [0.05, 0.1) is 12.4 Å². The molecule has 4 heteroatoms. The van der Waals surface area contributed by atoms with Gasteiger partial charge in [-0.3, -0.25) is 4.68 Å². The fourth-order valence-corrected chi connectivity index (χ4v) is 2.32. The fourth-order valence-electron chi connectivity index (χ4n) is 2.32. The van der Waals surface area contributed by atoms with E-state index in [1.807, 2.05) is 23.0 Å². The number of benzene rings is 1. The molecule has 0 amide bonds. The predicted molar refractivity (Wildman–Crippen MR) is 85.7 cm³/mol. The Balaban J connectivity index is 2.09. The third kappa shape index (κ3) is 4.33. The van der Waals surface area contributed by atoms with Gasteiger partial charge in [-0.05, 0) is 44.0 Å². The summed E-state index contributed by atoms with van der Waals surface area (Å²) in [6.07, 6.45) is 5.88. The second-order valence-electron chi connectivity index (χ2n) is 5.12. The summed E-state index contributed by atoms with van der Waals surface area (Å²) in [6.45, 7) is 8.33. The van der Waals surface area contributed by atoms with Gasteiger partial charge in [-0.2, -0.15) is 5.10 Å². The van der Waals surface area contributed by atoms with Gasteiger partial charge in [0, 0.05) is 12.6 Å². The highest BCUT2D eigenvalue weighted by Gasteiger charge is 2.09. The van der Waals surface area contributed by atoms with Crippen molar-refractivity contribution in [2.24, 2.45) is 0 Å². The summed E-state index contributed by atoms with van der Waals surface area (Å²) in [6, 6.07) is 8.68. The Bertz CT molecular complexity index is 550. The van der Waals surface area contributed by atoms with Gasteiger partial charge in [0.25, 0.3) is 0 Å². The zero-order valence-electron chi connectivity index (χ0n) is 13.2. The Hall–Kier alpha value is -1.81. The molecular weight excluding hydrogens is 262 g/mol. The Morgan fingerprint density at radius 1 is 1.24 bits per heavy atom. The summed E-state index contributed by atoms with van der Waals surface area (Å²) >= 11 is 0. The molecule has 0 radical (unpaired) electrons. The largest absolute Gasteiger partial charge is 0.454 e. The van der Waals surface area contributed by atoms with Crippen LogP contribution in [0.3, 0.4) is 0 Å². The average molecular weight is 287 g/mol. The van der Waals surface area contributed by atoms with E-state index in [-0.39, 0.29) is 0 Å². The zero-order valence-corrected chi connectivity index (χ0v) is 13.2. The van der Waals surface area contributed by atoms with E-state index in [2.05, 4.69) is 43.3 Å². The molecule has 1 aromatic carbocycles. The van der Waals surface area contributed by atoms with E-state index < -0.39 is 0 Å². The van der Waals surface area contributed by atoms with E-state index in [1.165, 1.54) is 5.56 Å². The van der Waals surface area contributed by atoms with Crippen molar-refractivity contribution in [3.05, 3.63) is 42.2 Å². The number of rotatable bonds is 8. The molecule has 1 unspecified atom stereocenters. The van der Waals surface area contributed by atoms with Crippen LogP contribution in [0.15, 0.2) is 36.7 Å². The number of aryl methyl sites for hydroxylation is 1. The summed E-state index contributed by atoms with van der Waals surface area (Å²) in [5, 5.41) is 7.79. The van der Waals surface area contributed by atoms with Crippen LogP contribution in [0.5, 0.6) is 11.5 Å². The highest BCUT2D eigenvalue weighted by molar-refractivity contribution is 5.33. The zero-order chi connectivity index (χ0) is 15.1. The van der Waals surface area contributed by atoms with Gasteiger partial charge >= 0.3 is 0 Å². The molecule has 0 saturated carbocycles. The number of nitrogens with one attached hydrogen (secondary N) is 1. The monoisotopic (exact) mass is 287 g/mol. The van der Waals surface area contributed by atoms with Crippen LogP contribution in [0.25, 0.3) is 0 Å². The Labute approximate surface area is 127 Å². The van der Waals surface area contributed by atoms with Gasteiger partial charge in [-0.15, -0.1) is 0 Å². The third-order valence-corrected chi connectivity index (χ3v) is 3.48. The maximum absolute atomic E-state index is 5.89. The topological polar surface area (TPSA) is 39.1 Å². The molecule has 0 saturated heterocycles. The third-order valence-electron chi connectivity index (χ3n) is 3.48. The van der Waals surface area contributed by atoms with E-state index in [9.17, 15) is 0 Å². The van der Waals surface area contributed by atoms with E-state index in [1.54, 1.807) is 6.20 Å². The van der Waals surface area contributed by atoms with Crippen LogP contribution in [-0.4, -0.2) is 16.3 Å². The van der Waals surface area contributed by atoms with E-state index >= 15 is 0 Å². The number of aromatic nitrogens is 2. The predicted octanol–water partition coefficient (Wildman–Crippen LogP) is 4.15. The smallest absolute Gasteiger partial charge is 0.165 e. The number of hydrogen-bond acceptors (Lipinski definition) is 3. The van der Waals surface area contributed by atoms with Crippen LogP contribution in [0.2, 0.25) is 0 Å². The Kier molecular flexibility index (Phi) is 5.81. The van der Waals surface area contributed by atoms with E-state index in [0.29, 0.717) is 6.04 Å². The average Bonchev–Trinajstić information content (AvgIpc) is 2.96. The molecule has 1 atom stereocenters. The van der Waals surface area contributed by atoms with Crippen LogP contribution >= 0.6 is 0 Å². The molecule has 1 N–H and O–H groups in total.